The Labute approximate surface area is 102 Å². The SMILES string of the molecule is CC(C)CC(N)CNCC(C)c1nccs1. The molecule has 92 valence electrons. The maximum Gasteiger partial charge on any atom is 0.0965 e. The van der Waals surface area contributed by atoms with Crippen LogP contribution in [0.5, 0.6) is 0 Å². The summed E-state index contributed by atoms with van der Waals surface area (Å²) in [6.45, 7) is 8.46. The lowest BCUT2D eigenvalue weighted by Gasteiger charge is -2.16. The molecule has 0 bridgehead atoms. The van der Waals surface area contributed by atoms with Gasteiger partial charge >= 0.3 is 0 Å². The Kier molecular flexibility index (Phi) is 5.95. The summed E-state index contributed by atoms with van der Waals surface area (Å²) < 4.78 is 0. The van der Waals surface area contributed by atoms with Gasteiger partial charge in [0.1, 0.15) is 0 Å². The van der Waals surface area contributed by atoms with Gasteiger partial charge in [-0.1, -0.05) is 20.8 Å². The molecule has 0 amide bonds. The van der Waals surface area contributed by atoms with Crippen LogP contribution in [0.25, 0.3) is 0 Å². The van der Waals surface area contributed by atoms with E-state index in [1.807, 2.05) is 11.6 Å². The molecule has 1 heterocycles. The van der Waals surface area contributed by atoms with E-state index >= 15 is 0 Å². The fourth-order valence-electron chi connectivity index (χ4n) is 1.74. The quantitative estimate of drug-likeness (QED) is 0.769. The Morgan fingerprint density at radius 2 is 2.12 bits per heavy atom. The van der Waals surface area contributed by atoms with Crippen molar-refractivity contribution >= 4 is 11.3 Å². The summed E-state index contributed by atoms with van der Waals surface area (Å²) >= 11 is 1.72. The predicted octanol–water partition coefficient (Wildman–Crippen LogP) is 2.21. The zero-order valence-corrected chi connectivity index (χ0v) is 11.3. The number of hydrogen-bond acceptors (Lipinski definition) is 4. The normalized spacial score (nSPS) is 15.3. The van der Waals surface area contributed by atoms with E-state index in [2.05, 4.69) is 31.1 Å². The second-order valence-electron chi connectivity index (χ2n) is 4.82. The fourth-order valence-corrected chi connectivity index (χ4v) is 2.44. The Hall–Kier alpha value is -0.450. The molecule has 3 N–H and O–H groups in total. The van der Waals surface area contributed by atoms with Crippen molar-refractivity contribution in [2.45, 2.75) is 39.2 Å². The minimum atomic E-state index is 0.267. The van der Waals surface area contributed by atoms with E-state index in [4.69, 9.17) is 5.73 Å². The fraction of sp³-hybridized carbons (Fsp3) is 0.750. The number of rotatable bonds is 7. The van der Waals surface area contributed by atoms with Crippen LogP contribution >= 0.6 is 11.3 Å². The van der Waals surface area contributed by atoms with E-state index in [0.717, 1.165) is 19.5 Å². The largest absolute Gasteiger partial charge is 0.327 e. The number of nitrogens with two attached hydrogens (primary N) is 1. The van der Waals surface area contributed by atoms with Crippen molar-refractivity contribution in [2.75, 3.05) is 13.1 Å². The molecule has 0 fully saturated rings. The average Bonchev–Trinajstić information content (AvgIpc) is 2.68. The third kappa shape index (κ3) is 5.05. The Morgan fingerprint density at radius 1 is 1.38 bits per heavy atom. The average molecular weight is 241 g/mol. The molecule has 0 radical (unpaired) electrons. The van der Waals surface area contributed by atoms with Crippen LogP contribution in [0.3, 0.4) is 0 Å². The van der Waals surface area contributed by atoms with Gasteiger partial charge in [-0.25, -0.2) is 4.98 Å². The predicted molar refractivity (Wildman–Crippen MR) is 70.8 cm³/mol. The Balaban J connectivity index is 2.15. The topological polar surface area (TPSA) is 50.9 Å². The highest BCUT2D eigenvalue weighted by atomic mass is 32.1. The van der Waals surface area contributed by atoms with E-state index in [1.165, 1.54) is 5.01 Å². The van der Waals surface area contributed by atoms with Crippen LogP contribution in [0.15, 0.2) is 11.6 Å². The van der Waals surface area contributed by atoms with Crippen LogP contribution in [-0.4, -0.2) is 24.1 Å². The van der Waals surface area contributed by atoms with Gasteiger partial charge in [0.15, 0.2) is 0 Å². The van der Waals surface area contributed by atoms with Gasteiger partial charge in [-0.05, 0) is 12.3 Å². The van der Waals surface area contributed by atoms with E-state index < -0.39 is 0 Å². The minimum Gasteiger partial charge on any atom is -0.327 e. The Bertz CT molecular complexity index is 272. The maximum absolute atomic E-state index is 6.00. The summed E-state index contributed by atoms with van der Waals surface area (Å²) in [5.74, 6) is 1.15. The highest BCUT2D eigenvalue weighted by Gasteiger charge is 2.09. The molecule has 0 saturated carbocycles. The van der Waals surface area contributed by atoms with Crippen molar-refractivity contribution in [3.63, 3.8) is 0 Å². The molecule has 1 rings (SSSR count). The molecule has 0 saturated heterocycles. The summed E-state index contributed by atoms with van der Waals surface area (Å²) in [6, 6.07) is 0.267. The van der Waals surface area contributed by atoms with Gasteiger partial charge < -0.3 is 11.1 Å². The molecule has 3 nitrogen and oxygen atoms in total. The van der Waals surface area contributed by atoms with Crippen LogP contribution < -0.4 is 11.1 Å². The van der Waals surface area contributed by atoms with E-state index in [9.17, 15) is 0 Å². The summed E-state index contributed by atoms with van der Waals surface area (Å²) in [5, 5.41) is 6.64. The van der Waals surface area contributed by atoms with Crippen LogP contribution in [0.1, 0.15) is 38.1 Å². The van der Waals surface area contributed by atoms with Gasteiger partial charge in [0.2, 0.25) is 0 Å². The molecule has 0 aliphatic rings. The molecule has 4 heteroatoms. The highest BCUT2D eigenvalue weighted by molar-refractivity contribution is 7.09. The standard InChI is InChI=1S/C12H23N3S/c1-9(2)6-11(13)8-14-7-10(3)12-15-4-5-16-12/h4-5,9-11,14H,6-8,13H2,1-3H3. The zero-order chi connectivity index (χ0) is 12.0. The first-order valence-corrected chi connectivity index (χ1v) is 6.83. The summed E-state index contributed by atoms with van der Waals surface area (Å²) in [4.78, 5) is 4.31. The van der Waals surface area contributed by atoms with Gasteiger partial charge in [-0.3, -0.25) is 0 Å². The number of aromatic nitrogens is 1. The number of hydrogen-bond donors (Lipinski definition) is 2. The minimum absolute atomic E-state index is 0.267. The number of nitrogens with zero attached hydrogens (tertiary/aromatic N) is 1. The van der Waals surface area contributed by atoms with Crippen LogP contribution in [-0.2, 0) is 0 Å². The molecule has 2 unspecified atom stereocenters. The van der Waals surface area contributed by atoms with E-state index in [0.29, 0.717) is 11.8 Å². The first kappa shape index (κ1) is 13.6. The second-order valence-corrected chi connectivity index (χ2v) is 5.75. The lowest BCUT2D eigenvalue weighted by atomic mass is 10.0. The smallest absolute Gasteiger partial charge is 0.0965 e. The molecule has 0 spiro atoms. The molecule has 1 aromatic heterocycles. The van der Waals surface area contributed by atoms with Gasteiger partial charge in [-0.2, -0.15) is 0 Å². The molecule has 1 aromatic rings. The van der Waals surface area contributed by atoms with Crippen molar-refractivity contribution in [1.29, 1.82) is 0 Å². The van der Waals surface area contributed by atoms with Crippen molar-refractivity contribution in [3.8, 4) is 0 Å². The zero-order valence-electron chi connectivity index (χ0n) is 10.4. The third-order valence-corrected chi connectivity index (χ3v) is 3.51. The van der Waals surface area contributed by atoms with Crippen LogP contribution in [0, 0.1) is 5.92 Å². The first-order chi connectivity index (χ1) is 7.59. The first-order valence-electron chi connectivity index (χ1n) is 5.95. The van der Waals surface area contributed by atoms with Crippen molar-refractivity contribution in [1.82, 2.24) is 10.3 Å². The number of thiazole rings is 1. The molecule has 16 heavy (non-hydrogen) atoms. The van der Waals surface area contributed by atoms with E-state index in [-0.39, 0.29) is 6.04 Å². The van der Waals surface area contributed by atoms with Gasteiger partial charge in [0, 0.05) is 36.6 Å². The number of nitrogens with one attached hydrogen (secondary N) is 1. The molecular weight excluding hydrogens is 218 g/mol. The molecule has 0 aliphatic heterocycles. The van der Waals surface area contributed by atoms with Crippen molar-refractivity contribution in [3.05, 3.63) is 16.6 Å². The second kappa shape index (κ2) is 6.99. The molecule has 0 aliphatic carbocycles. The summed E-state index contributed by atoms with van der Waals surface area (Å²) in [5.41, 5.74) is 6.00. The monoisotopic (exact) mass is 241 g/mol. The highest BCUT2D eigenvalue weighted by Crippen LogP contribution is 2.16. The lowest BCUT2D eigenvalue weighted by Crippen LogP contribution is -2.36. The van der Waals surface area contributed by atoms with Gasteiger partial charge in [0.05, 0.1) is 5.01 Å². The maximum atomic E-state index is 6.00. The summed E-state index contributed by atoms with van der Waals surface area (Å²) in [6.07, 6.45) is 2.94. The molecule has 2 atom stereocenters. The van der Waals surface area contributed by atoms with Gasteiger partial charge in [-0.15, -0.1) is 11.3 Å². The van der Waals surface area contributed by atoms with E-state index in [1.54, 1.807) is 11.3 Å². The van der Waals surface area contributed by atoms with Crippen molar-refractivity contribution in [2.24, 2.45) is 11.7 Å². The third-order valence-electron chi connectivity index (χ3n) is 2.50. The molecular formula is C12H23N3S. The lowest BCUT2D eigenvalue weighted by molar-refractivity contribution is 0.461. The Morgan fingerprint density at radius 3 is 2.69 bits per heavy atom. The van der Waals surface area contributed by atoms with Crippen LogP contribution in [0.4, 0.5) is 0 Å². The van der Waals surface area contributed by atoms with Crippen molar-refractivity contribution < 1.29 is 0 Å². The summed E-state index contributed by atoms with van der Waals surface area (Å²) in [7, 11) is 0. The van der Waals surface area contributed by atoms with Gasteiger partial charge in [0.25, 0.3) is 0 Å². The molecule has 0 aromatic carbocycles. The van der Waals surface area contributed by atoms with Crippen LogP contribution in [0.2, 0.25) is 0 Å².